The van der Waals surface area contributed by atoms with Gasteiger partial charge in [0.25, 0.3) is 10.7 Å². The number of alkyl halides is 3. The number of ether oxygens (including phenoxy) is 3. The van der Waals surface area contributed by atoms with Crippen LogP contribution in [0.2, 0.25) is 0 Å². The predicted molar refractivity (Wildman–Crippen MR) is 93.8 cm³/mol. The van der Waals surface area contributed by atoms with Gasteiger partial charge in [0.05, 0.1) is 13.2 Å². The molecule has 11 heteroatoms. The zero-order valence-corrected chi connectivity index (χ0v) is 15.9. The zero-order valence-electron chi connectivity index (χ0n) is 15.9. The van der Waals surface area contributed by atoms with Crippen LogP contribution in [0.25, 0.3) is 6.08 Å². The molecule has 0 N–H and O–H groups in total. The van der Waals surface area contributed by atoms with E-state index in [1.54, 1.807) is 19.1 Å². The van der Waals surface area contributed by atoms with Crippen molar-refractivity contribution in [1.82, 2.24) is 0 Å². The third-order valence-electron chi connectivity index (χ3n) is 4.25. The number of benzene rings is 1. The molecule has 0 saturated heterocycles. The SMILES string of the molecule is Cc1cc(C)c2c(c1)C=C[C@](C(C)OC(=O)OCCCO[N+](=O)[O-])(C(F)(F)F)O2. The maximum Gasteiger partial charge on any atom is 0.508 e. The van der Waals surface area contributed by atoms with Crippen molar-refractivity contribution in [1.29, 1.82) is 0 Å². The first kappa shape index (κ1) is 22.3. The van der Waals surface area contributed by atoms with Gasteiger partial charge >= 0.3 is 12.3 Å². The van der Waals surface area contributed by atoms with E-state index in [1.807, 2.05) is 6.92 Å². The van der Waals surface area contributed by atoms with Crippen molar-refractivity contribution in [3.63, 3.8) is 0 Å². The summed E-state index contributed by atoms with van der Waals surface area (Å²) in [5.41, 5.74) is -1.03. The second-order valence-corrected chi connectivity index (χ2v) is 6.50. The van der Waals surface area contributed by atoms with Gasteiger partial charge in [-0.3, -0.25) is 0 Å². The Morgan fingerprint density at radius 3 is 2.62 bits per heavy atom. The fourth-order valence-electron chi connectivity index (χ4n) is 2.89. The standard InChI is InChI=1S/C18H20F3NO7/c1-11-9-12(2)15-14(10-11)5-6-17(29-15,18(19,20)21)13(3)28-16(23)26-7-4-8-27-22(24)25/h5-6,9-10,13H,4,7-8H2,1-3H3/t13?,17-/m0/s1. The van der Waals surface area contributed by atoms with Crippen molar-refractivity contribution < 1.29 is 42.1 Å². The molecule has 8 nitrogen and oxygen atoms in total. The third kappa shape index (κ3) is 5.09. The Balaban J connectivity index is 2.11. The average Bonchev–Trinajstić information content (AvgIpc) is 2.59. The lowest BCUT2D eigenvalue weighted by Gasteiger charge is -2.40. The van der Waals surface area contributed by atoms with Gasteiger partial charge in [0.1, 0.15) is 5.75 Å². The monoisotopic (exact) mass is 419 g/mol. The Morgan fingerprint density at radius 2 is 2.00 bits per heavy atom. The Hall–Kier alpha value is -2.98. The smallest absolute Gasteiger partial charge is 0.469 e. The number of carbonyl (C=O) groups excluding carboxylic acids is 1. The Morgan fingerprint density at radius 1 is 1.31 bits per heavy atom. The molecule has 0 fully saturated rings. The van der Waals surface area contributed by atoms with Crippen molar-refractivity contribution in [3.8, 4) is 5.75 Å². The van der Waals surface area contributed by atoms with Gasteiger partial charge in [-0.2, -0.15) is 13.2 Å². The molecule has 1 aliphatic rings. The van der Waals surface area contributed by atoms with E-state index in [9.17, 15) is 28.1 Å². The van der Waals surface area contributed by atoms with Gasteiger partial charge < -0.3 is 19.0 Å². The van der Waals surface area contributed by atoms with E-state index in [0.29, 0.717) is 11.1 Å². The summed E-state index contributed by atoms with van der Waals surface area (Å²) in [6.07, 6.45) is -5.95. The molecular formula is C18H20F3NO7. The van der Waals surface area contributed by atoms with Crippen molar-refractivity contribution in [2.24, 2.45) is 0 Å². The molecule has 0 radical (unpaired) electrons. The maximum atomic E-state index is 13.9. The van der Waals surface area contributed by atoms with Crippen LogP contribution in [0.5, 0.6) is 5.75 Å². The van der Waals surface area contributed by atoms with Crippen LogP contribution in [0.15, 0.2) is 18.2 Å². The van der Waals surface area contributed by atoms with Crippen molar-refractivity contribution in [2.75, 3.05) is 13.2 Å². The van der Waals surface area contributed by atoms with Gasteiger partial charge in [-0.1, -0.05) is 17.7 Å². The summed E-state index contributed by atoms with van der Waals surface area (Å²) in [6, 6.07) is 3.37. The molecule has 2 rings (SSSR count). The lowest BCUT2D eigenvalue weighted by atomic mass is 9.91. The minimum absolute atomic E-state index is 0.0306. The minimum atomic E-state index is -4.89. The lowest BCUT2D eigenvalue weighted by Crippen LogP contribution is -2.58. The Bertz CT molecular complexity index is 809. The minimum Gasteiger partial charge on any atom is -0.469 e. The molecule has 1 aromatic carbocycles. The number of fused-ring (bicyclic) bond motifs is 1. The molecule has 1 aromatic rings. The first-order valence-corrected chi connectivity index (χ1v) is 8.63. The van der Waals surface area contributed by atoms with E-state index in [4.69, 9.17) is 9.47 Å². The summed E-state index contributed by atoms with van der Waals surface area (Å²) in [6.45, 7) is 3.83. The first-order chi connectivity index (χ1) is 13.5. The summed E-state index contributed by atoms with van der Waals surface area (Å²) in [7, 11) is 0. The Kier molecular flexibility index (Phi) is 6.60. The van der Waals surface area contributed by atoms with E-state index in [1.165, 1.54) is 6.08 Å². The largest absolute Gasteiger partial charge is 0.508 e. The molecule has 0 bridgehead atoms. The summed E-state index contributed by atoms with van der Waals surface area (Å²) in [4.78, 5) is 25.8. The fraction of sp³-hybridized carbons (Fsp3) is 0.500. The van der Waals surface area contributed by atoms with Crippen LogP contribution in [0.3, 0.4) is 0 Å². The third-order valence-corrected chi connectivity index (χ3v) is 4.25. The highest BCUT2D eigenvalue weighted by Gasteiger charge is 2.62. The van der Waals surface area contributed by atoms with Gasteiger partial charge in [-0.15, -0.1) is 10.1 Å². The van der Waals surface area contributed by atoms with Gasteiger partial charge in [0.15, 0.2) is 6.10 Å². The summed E-state index contributed by atoms with van der Waals surface area (Å²) in [5.74, 6) is 0.0520. The highest BCUT2D eigenvalue weighted by molar-refractivity contribution is 5.65. The number of hydrogen-bond acceptors (Lipinski definition) is 7. The van der Waals surface area contributed by atoms with Crippen LogP contribution in [0.4, 0.5) is 18.0 Å². The quantitative estimate of drug-likeness (QED) is 0.283. The molecular weight excluding hydrogens is 399 g/mol. The van der Waals surface area contributed by atoms with Crippen LogP contribution in [-0.4, -0.2) is 42.3 Å². The number of nitrogens with zero attached hydrogens (tertiary/aromatic N) is 1. The highest BCUT2D eigenvalue weighted by atomic mass is 19.4. The molecule has 1 unspecified atom stereocenters. The number of aryl methyl sites for hydroxylation is 2. The summed E-state index contributed by atoms with van der Waals surface area (Å²) in [5, 5.41) is 8.99. The first-order valence-electron chi connectivity index (χ1n) is 8.63. The summed E-state index contributed by atoms with van der Waals surface area (Å²) < 4.78 is 56.6. The van der Waals surface area contributed by atoms with E-state index in [2.05, 4.69) is 9.57 Å². The topological polar surface area (TPSA) is 97.1 Å². The van der Waals surface area contributed by atoms with Crippen molar-refractivity contribution in [2.45, 2.75) is 45.1 Å². The molecule has 160 valence electrons. The summed E-state index contributed by atoms with van der Waals surface area (Å²) >= 11 is 0. The molecule has 0 spiro atoms. The van der Waals surface area contributed by atoms with E-state index < -0.39 is 29.1 Å². The number of rotatable bonds is 7. The van der Waals surface area contributed by atoms with E-state index in [-0.39, 0.29) is 25.4 Å². The van der Waals surface area contributed by atoms with Crippen LogP contribution in [-0.2, 0) is 14.3 Å². The van der Waals surface area contributed by atoms with Gasteiger partial charge in [-0.25, -0.2) is 4.79 Å². The van der Waals surface area contributed by atoms with Crippen molar-refractivity contribution in [3.05, 3.63) is 45.0 Å². The molecule has 1 aliphatic heterocycles. The Labute approximate surface area is 164 Å². The van der Waals surface area contributed by atoms with E-state index >= 15 is 0 Å². The van der Waals surface area contributed by atoms with Crippen LogP contribution in [0.1, 0.15) is 30.0 Å². The molecule has 0 saturated carbocycles. The van der Waals surface area contributed by atoms with Gasteiger partial charge in [0.2, 0.25) is 0 Å². The van der Waals surface area contributed by atoms with Gasteiger partial charge in [-0.05, 0) is 38.5 Å². The number of halogens is 3. The fourth-order valence-corrected chi connectivity index (χ4v) is 2.89. The second-order valence-electron chi connectivity index (χ2n) is 6.50. The maximum absolute atomic E-state index is 13.9. The average molecular weight is 419 g/mol. The number of hydrogen-bond donors (Lipinski definition) is 0. The molecule has 0 aromatic heterocycles. The molecule has 0 amide bonds. The van der Waals surface area contributed by atoms with Crippen molar-refractivity contribution >= 4 is 12.2 Å². The zero-order chi connectivity index (χ0) is 21.8. The highest BCUT2D eigenvalue weighted by Crippen LogP contribution is 2.45. The second kappa shape index (κ2) is 8.58. The molecule has 29 heavy (non-hydrogen) atoms. The predicted octanol–water partition coefficient (Wildman–Crippen LogP) is 4.15. The lowest BCUT2D eigenvalue weighted by molar-refractivity contribution is -0.757. The van der Waals surface area contributed by atoms with E-state index in [0.717, 1.165) is 18.6 Å². The molecule has 0 aliphatic carbocycles. The van der Waals surface area contributed by atoms with Crippen LogP contribution >= 0.6 is 0 Å². The number of carbonyl (C=O) groups is 1. The molecule has 2 atom stereocenters. The van der Waals surface area contributed by atoms with Gasteiger partial charge in [0, 0.05) is 12.0 Å². The van der Waals surface area contributed by atoms with Crippen LogP contribution < -0.4 is 4.74 Å². The molecule has 1 heterocycles. The normalized spacial score (nSPS) is 19.0. The van der Waals surface area contributed by atoms with Crippen LogP contribution in [0, 0.1) is 24.0 Å².